The molecule has 1 amide bonds. The third kappa shape index (κ3) is 4.59. The van der Waals surface area contributed by atoms with E-state index in [2.05, 4.69) is 22.6 Å². The molecule has 1 aliphatic heterocycles. The molecule has 0 bridgehead atoms. The largest absolute Gasteiger partial charge is 0.497 e. The molecule has 7 nitrogen and oxygen atoms in total. The number of carbonyl (C=O) groups excluding carboxylic acids is 1. The van der Waals surface area contributed by atoms with Gasteiger partial charge >= 0.3 is 0 Å². The van der Waals surface area contributed by atoms with Gasteiger partial charge in [-0.15, -0.1) is 17.5 Å². The molecule has 3 rings (SSSR count). The van der Waals surface area contributed by atoms with Gasteiger partial charge < -0.3 is 15.0 Å². The summed E-state index contributed by atoms with van der Waals surface area (Å²) >= 11 is 0. The van der Waals surface area contributed by atoms with Crippen LogP contribution in [0.4, 0.5) is 0 Å². The molecule has 0 unspecified atom stereocenters. The van der Waals surface area contributed by atoms with Crippen molar-refractivity contribution in [3.05, 3.63) is 35.7 Å². The SMILES string of the molecule is CCCN(C(=O)c1nnn(-c2ccc(OC)cc2)c1C)C1CCNCC1.Cl. The van der Waals surface area contributed by atoms with Gasteiger partial charge in [0, 0.05) is 12.6 Å². The van der Waals surface area contributed by atoms with Crippen molar-refractivity contribution in [1.82, 2.24) is 25.2 Å². The first-order valence-corrected chi connectivity index (χ1v) is 9.24. The quantitative estimate of drug-likeness (QED) is 0.816. The Labute approximate surface area is 166 Å². The topological polar surface area (TPSA) is 72.3 Å². The van der Waals surface area contributed by atoms with Crippen molar-refractivity contribution < 1.29 is 9.53 Å². The van der Waals surface area contributed by atoms with Crippen molar-refractivity contribution in [1.29, 1.82) is 0 Å². The van der Waals surface area contributed by atoms with Gasteiger partial charge in [-0.05, 0) is 63.5 Å². The summed E-state index contributed by atoms with van der Waals surface area (Å²) in [4.78, 5) is 15.2. The van der Waals surface area contributed by atoms with E-state index in [0.717, 1.165) is 56.0 Å². The number of hydrogen-bond acceptors (Lipinski definition) is 5. The number of benzene rings is 1. The number of hydrogen-bond donors (Lipinski definition) is 1. The molecule has 27 heavy (non-hydrogen) atoms. The highest BCUT2D eigenvalue weighted by Crippen LogP contribution is 2.20. The average Bonchev–Trinajstić information content (AvgIpc) is 3.07. The molecular formula is C19H28ClN5O2. The van der Waals surface area contributed by atoms with Crippen molar-refractivity contribution >= 4 is 18.3 Å². The molecule has 0 spiro atoms. The van der Waals surface area contributed by atoms with E-state index < -0.39 is 0 Å². The number of ether oxygens (including phenoxy) is 1. The lowest BCUT2D eigenvalue weighted by atomic mass is 10.0. The molecule has 0 aliphatic carbocycles. The van der Waals surface area contributed by atoms with Gasteiger partial charge in [-0.1, -0.05) is 12.1 Å². The molecule has 1 aromatic carbocycles. The summed E-state index contributed by atoms with van der Waals surface area (Å²) in [6.07, 6.45) is 2.90. The van der Waals surface area contributed by atoms with E-state index in [1.807, 2.05) is 36.1 Å². The summed E-state index contributed by atoms with van der Waals surface area (Å²) in [6.45, 7) is 6.65. The fourth-order valence-corrected chi connectivity index (χ4v) is 3.44. The van der Waals surface area contributed by atoms with E-state index >= 15 is 0 Å². The van der Waals surface area contributed by atoms with Crippen LogP contribution >= 0.6 is 12.4 Å². The molecule has 1 N–H and O–H groups in total. The predicted octanol–water partition coefficient (Wildman–Crippen LogP) is 2.61. The molecule has 1 aliphatic rings. The molecule has 1 fully saturated rings. The minimum atomic E-state index is -0.0176. The first-order chi connectivity index (χ1) is 12.7. The van der Waals surface area contributed by atoms with E-state index in [0.29, 0.717) is 5.69 Å². The molecule has 148 valence electrons. The lowest BCUT2D eigenvalue weighted by Crippen LogP contribution is -2.46. The van der Waals surface area contributed by atoms with E-state index in [-0.39, 0.29) is 24.4 Å². The average molecular weight is 394 g/mol. The van der Waals surface area contributed by atoms with Crippen LogP contribution in [-0.2, 0) is 0 Å². The number of rotatable bonds is 6. The summed E-state index contributed by atoms with van der Waals surface area (Å²) in [5.41, 5.74) is 2.06. The number of nitrogens with zero attached hydrogens (tertiary/aromatic N) is 4. The molecule has 0 radical (unpaired) electrons. The second-order valence-corrected chi connectivity index (χ2v) is 6.61. The fourth-order valence-electron chi connectivity index (χ4n) is 3.44. The smallest absolute Gasteiger partial charge is 0.276 e. The Kier molecular flexibility index (Phi) is 7.62. The zero-order valence-corrected chi connectivity index (χ0v) is 17.0. The van der Waals surface area contributed by atoms with Crippen LogP contribution in [0.25, 0.3) is 5.69 Å². The summed E-state index contributed by atoms with van der Waals surface area (Å²) < 4.78 is 6.90. The normalized spacial score (nSPS) is 14.5. The minimum absolute atomic E-state index is 0. The monoisotopic (exact) mass is 393 g/mol. The van der Waals surface area contributed by atoms with Gasteiger partial charge in [0.1, 0.15) is 5.75 Å². The summed E-state index contributed by atoms with van der Waals surface area (Å²) in [7, 11) is 1.63. The zero-order valence-electron chi connectivity index (χ0n) is 16.1. The molecule has 2 heterocycles. The van der Waals surface area contributed by atoms with Crippen molar-refractivity contribution in [2.24, 2.45) is 0 Å². The van der Waals surface area contributed by atoms with Gasteiger partial charge in [0.05, 0.1) is 18.5 Å². The highest BCUT2D eigenvalue weighted by atomic mass is 35.5. The van der Waals surface area contributed by atoms with Gasteiger partial charge in [0.15, 0.2) is 5.69 Å². The number of aromatic nitrogens is 3. The maximum atomic E-state index is 13.2. The lowest BCUT2D eigenvalue weighted by Gasteiger charge is -2.34. The lowest BCUT2D eigenvalue weighted by molar-refractivity contribution is 0.0635. The maximum absolute atomic E-state index is 13.2. The Bertz CT molecular complexity index is 741. The number of amides is 1. The van der Waals surface area contributed by atoms with E-state index in [4.69, 9.17) is 4.74 Å². The number of methoxy groups -OCH3 is 1. The number of nitrogens with one attached hydrogen (secondary N) is 1. The van der Waals surface area contributed by atoms with Crippen molar-refractivity contribution in [3.63, 3.8) is 0 Å². The van der Waals surface area contributed by atoms with E-state index in [1.54, 1.807) is 11.8 Å². The first kappa shape index (κ1) is 21.2. The first-order valence-electron chi connectivity index (χ1n) is 9.24. The highest BCUT2D eigenvalue weighted by Gasteiger charge is 2.29. The Morgan fingerprint density at radius 1 is 1.30 bits per heavy atom. The van der Waals surface area contributed by atoms with E-state index in [1.165, 1.54) is 0 Å². The fraction of sp³-hybridized carbons (Fsp3) is 0.526. The van der Waals surface area contributed by atoms with Crippen LogP contribution in [0.3, 0.4) is 0 Å². The molecule has 8 heteroatoms. The Balaban J connectivity index is 0.00000261. The number of halogens is 1. The predicted molar refractivity (Wildman–Crippen MR) is 107 cm³/mol. The molecule has 2 aromatic rings. The Morgan fingerprint density at radius 2 is 1.96 bits per heavy atom. The minimum Gasteiger partial charge on any atom is -0.497 e. The van der Waals surface area contributed by atoms with Crippen LogP contribution in [0.5, 0.6) is 5.75 Å². The third-order valence-electron chi connectivity index (χ3n) is 4.89. The van der Waals surface area contributed by atoms with Crippen LogP contribution in [0, 0.1) is 6.92 Å². The van der Waals surface area contributed by atoms with Crippen molar-refractivity contribution in [2.75, 3.05) is 26.7 Å². The zero-order chi connectivity index (χ0) is 18.5. The Morgan fingerprint density at radius 3 is 2.56 bits per heavy atom. The van der Waals surface area contributed by atoms with Crippen LogP contribution in [0.2, 0.25) is 0 Å². The van der Waals surface area contributed by atoms with Gasteiger partial charge in [-0.2, -0.15) is 0 Å². The standard InChI is InChI=1S/C19H27N5O2.ClH/c1-4-13-23(15-9-11-20-12-10-15)19(25)18-14(2)24(22-21-18)16-5-7-17(26-3)8-6-16;/h5-8,15,20H,4,9-13H2,1-3H3;1H. The summed E-state index contributed by atoms with van der Waals surface area (Å²) in [5.74, 6) is 0.763. The number of carbonyl (C=O) groups is 1. The van der Waals surface area contributed by atoms with Crippen LogP contribution < -0.4 is 10.1 Å². The summed E-state index contributed by atoms with van der Waals surface area (Å²) in [5, 5.41) is 11.8. The molecule has 0 saturated carbocycles. The van der Waals surface area contributed by atoms with Crippen LogP contribution in [-0.4, -0.2) is 58.6 Å². The van der Waals surface area contributed by atoms with Crippen molar-refractivity contribution in [2.45, 2.75) is 39.2 Å². The van der Waals surface area contributed by atoms with Crippen molar-refractivity contribution in [3.8, 4) is 11.4 Å². The molecule has 1 aromatic heterocycles. The molecule has 0 atom stereocenters. The molecular weight excluding hydrogens is 366 g/mol. The molecule has 1 saturated heterocycles. The van der Waals surface area contributed by atoms with Crippen LogP contribution in [0.1, 0.15) is 42.4 Å². The second-order valence-electron chi connectivity index (χ2n) is 6.61. The summed E-state index contributed by atoms with van der Waals surface area (Å²) in [6, 6.07) is 7.83. The van der Waals surface area contributed by atoms with Crippen LogP contribution in [0.15, 0.2) is 24.3 Å². The van der Waals surface area contributed by atoms with Gasteiger partial charge in [0.2, 0.25) is 0 Å². The van der Waals surface area contributed by atoms with Gasteiger partial charge in [-0.25, -0.2) is 4.68 Å². The Hall–Kier alpha value is -2.12. The second kappa shape index (κ2) is 9.71. The maximum Gasteiger partial charge on any atom is 0.276 e. The number of piperidine rings is 1. The van der Waals surface area contributed by atoms with Gasteiger partial charge in [-0.3, -0.25) is 4.79 Å². The van der Waals surface area contributed by atoms with E-state index in [9.17, 15) is 4.79 Å². The highest BCUT2D eigenvalue weighted by molar-refractivity contribution is 5.93. The van der Waals surface area contributed by atoms with Gasteiger partial charge in [0.25, 0.3) is 5.91 Å². The third-order valence-corrected chi connectivity index (χ3v) is 4.89.